The number of hydrogen-bond acceptors (Lipinski definition) is 4. The molecule has 1 aliphatic heterocycles. The van der Waals surface area contributed by atoms with Crippen molar-refractivity contribution in [2.75, 3.05) is 25.1 Å². The molecule has 0 spiro atoms. The van der Waals surface area contributed by atoms with E-state index < -0.39 is 0 Å². The van der Waals surface area contributed by atoms with Gasteiger partial charge >= 0.3 is 0 Å². The molecule has 0 bridgehead atoms. The van der Waals surface area contributed by atoms with Crippen LogP contribution in [-0.2, 0) is 0 Å². The van der Waals surface area contributed by atoms with Gasteiger partial charge in [-0.1, -0.05) is 6.07 Å². The lowest BCUT2D eigenvalue weighted by molar-refractivity contribution is 0.136. The minimum absolute atomic E-state index is 0.260. The highest BCUT2D eigenvalue weighted by Gasteiger charge is 2.27. The largest absolute Gasteiger partial charge is 0.497 e. The summed E-state index contributed by atoms with van der Waals surface area (Å²) in [6.07, 6.45) is 2.60. The van der Waals surface area contributed by atoms with Crippen LogP contribution in [-0.4, -0.2) is 36.4 Å². The van der Waals surface area contributed by atoms with E-state index >= 15 is 0 Å². The summed E-state index contributed by atoms with van der Waals surface area (Å²) in [5, 5.41) is 12.0. The van der Waals surface area contributed by atoms with E-state index in [1.807, 2.05) is 31.3 Å². The zero-order valence-corrected chi connectivity index (χ0v) is 11.9. The van der Waals surface area contributed by atoms with E-state index in [1.54, 1.807) is 7.11 Å². The Morgan fingerprint density at radius 2 is 2.25 bits per heavy atom. The van der Waals surface area contributed by atoms with Gasteiger partial charge in [-0.05, 0) is 36.9 Å². The summed E-state index contributed by atoms with van der Waals surface area (Å²) in [7, 11) is 1.68. The van der Waals surface area contributed by atoms with Gasteiger partial charge in [0.15, 0.2) is 0 Å². The first kappa shape index (κ1) is 13.2. The number of rotatable bonds is 3. The van der Waals surface area contributed by atoms with Gasteiger partial charge in [0.05, 0.1) is 13.2 Å². The quantitative estimate of drug-likeness (QED) is 0.932. The van der Waals surface area contributed by atoms with E-state index in [2.05, 4.69) is 16.0 Å². The average molecular weight is 272 g/mol. The molecule has 106 valence electrons. The molecule has 4 nitrogen and oxygen atoms in total. The third kappa shape index (κ3) is 2.31. The van der Waals surface area contributed by atoms with Crippen LogP contribution in [0.25, 0.3) is 10.8 Å². The Hall–Kier alpha value is -1.81. The fraction of sp³-hybridized carbons (Fsp3) is 0.438. The maximum Gasteiger partial charge on any atom is 0.136 e. The normalized spacial score (nSPS) is 20.4. The monoisotopic (exact) mass is 272 g/mol. The highest BCUT2D eigenvalue weighted by molar-refractivity contribution is 5.93. The Morgan fingerprint density at radius 1 is 1.40 bits per heavy atom. The van der Waals surface area contributed by atoms with Crippen LogP contribution >= 0.6 is 0 Å². The van der Waals surface area contributed by atoms with E-state index in [0.717, 1.165) is 41.9 Å². The molecule has 20 heavy (non-hydrogen) atoms. The summed E-state index contributed by atoms with van der Waals surface area (Å²) in [5.41, 5.74) is 0. The summed E-state index contributed by atoms with van der Waals surface area (Å²) < 4.78 is 5.31. The second kappa shape index (κ2) is 5.29. The van der Waals surface area contributed by atoms with Crippen molar-refractivity contribution in [2.45, 2.75) is 19.4 Å². The first-order valence-electron chi connectivity index (χ1n) is 7.05. The van der Waals surface area contributed by atoms with Gasteiger partial charge in [0.2, 0.25) is 0 Å². The lowest BCUT2D eigenvalue weighted by Crippen LogP contribution is -2.24. The van der Waals surface area contributed by atoms with Gasteiger partial charge in [-0.3, -0.25) is 0 Å². The Morgan fingerprint density at radius 3 is 2.95 bits per heavy atom. The van der Waals surface area contributed by atoms with Gasteiger partial charge in [0.25, 0.3) is 0 Å². The van der Waals surface area contributed by atoms with Crippen LogP contribution in [0.5, 0.6) is 5.75 Å². The first-order chi connectivity index (χ1) is 9.69. The molecule has 0 saturated carbocycles. The van der Waals surface area contributed by atoms with Crippen molar-refractivity contribution >= 4 is 16.6 Å². The highest BCUT2D eigenvalue weighted by atomic mass is 16.5. The SMILES string of the molecule is COc1ccc2ccnc(N3CCC(C(C)O)C3)c2c1. The fourth-order valence-corrected chi connectivity index (χ4v) is 2.88. The molecule has 0 amide bonds. The number of fused-ring (bicyclic) bond motifs is 1. The van der Waals surface area contributed by atoms with E-state index in [1.165, 1.54) is 0 Å². The summed E-state index contributed by atoms with van der Waals surface area (Å²) in [4.78, 5) is 6.81. The van der Waals surface area contributed by atoms with E-state index in [9.17, 15) is 5.11 Å². The van der Waals surface area contributed by atoms with E-state index in [0.29, 0.717) is 5.92 Å². The number of anilines is 1. The summed E-state index contributed by atoms with van der Waals surface area (Å²) in [6.45, 7) is 3.67. The maximum absolute atomic E-state index is 9.75. The van der Waals surface area contributed by atoms with Crippen molar-refractivity contribution in [3.05, 3.63) is 30.5 Å². The number of hydrogen-bond donors (Lipinski definition) is 1. The van der Waals surface area contributed by atoms with Crippen molar-refractivity contribution < 1.29 is 9.84 Å². The highest BCUT2D eigenvalue weighted by Crippen LogP contribution is 2.32. The van der Waals surface area contributed by atoms with Crippen LogP contribution in [0.2, 0.25) is 0 Å². The molecule has 0 radical (unpaired) electrons. The topological polar surface area (TPSA) is 45.6 Å². The van der Waals surface area contributed by atoms with Gasteiger partial charge in [-0.25, -0.2) is 4.98 Å². The standard InChI is InChI=1S/C16H20N2O2/c1-11(19)13-6-8-18(10-13)16-15-9-14(20-2)4-3-12(15)5-7-17-16/h3-5,7,9,11,13,19H,6,8,10H2,1-2H3. The van der Waals surface area contributed by atoms with Crippen molar-refractivity contribution in [1.82, 2.24) is 4.98 Å². The Bertz CT molecular complexity index is 612. The lowest BCUT2D eigenvalue weighted by Gasteiger charge is -2.20. The molecule has 1 N–H and O–H groups in total. The second-order valence-electron chi connectivity index (χ2n) is 5.46. The van der Waals surface area contributed by atoms with Crippen molar-refractivity contribution in [3.63, 3.8) is 0 Å². The average Bonchev–Trinajstić information content (AvgIpc) is 2.96. The lowest BCUT2D eigenvalue weighted by atomic mass is 10.0. The van der Waals surface area contributed by atoms with E-state index in [4.69, 9.17) is 4.74 Å². The number of nitrogens with zero attached hydrogens (tertiary/aromatic N) is 2. The van der Waals surface area contributed by atoms with Crippen molar-refractivity contribution in [2.24, 2.45) is 5.92 Å². The predicted octanol–water partition coefficient (Wildman–Crippen LogP) is 2.45. The fourth-order valence-electron chi connectivity index (χ4n) is 2.88. The zero-order valence-electron chi connectivity index (χ0n) is 11.9. The molecule has 2 atom stereocenters. The smallest absolute Gasteiger partial charge is 0.136 e. The number of benzene rings is 1. The van der Waals surface area contributed by atoms with Crippen LogP contribution in [0.3, 0.4) is 0 Å². The molecule has 2 unspecified atom stereocenters. The third-order valence-electron chi connectivity index (χ3n) is 4.16. The van der Waals surface area contributed by atoms with Crippen LogP contribution in [0, 0.1) is 5.92 Å². The molecule has 1 saturated heterocycles. The maximum atomic E-state index is 9.75. The van der Waals surface area contributed by atoms with Gasteiger partial charge in [-0.2, -0.15) is 0 Å². The number of ether oxygens (including phenoxy) is 1. The summed E-state index contributed by atoms with van der Waals surface area (Å²) in [6, 6.07) is 8.07. The minimum Gasteiger partial charge on any atom is -0.497 e. The molecule has 1 fully saturated rings. The molecular weight excluding hydrogens is 252 g/mol. The number of aliphatic hydroxyl groups excluding tert-OH is 1. The first-order valence-corrected chi connectivity index (χ1v) is 7.05. The van der Waals surface area contributed by atoms with Crippen LogP contribution < -0.4 is 9.64 Å². The molecule has 0 aliphatic carbocycles. The predicted molar refractivity (Wildman–Crippen MR) is 80.3 cm³/mol. The van der Waals surface area contributed by atoms with Crippen LogP contribution in [0.15, 0.2) is 30.5 Å². The van der Waals surface area contributed by atoms with Crippen LogP contribution in [0.4, 0.5) is 5.82 Å². The molecule has 4 heteroatoms. The number of aliphatic hydroxyl groups is 1. The van der Waals surface area contributed by atoms with Gasteiger partial charge in [-0.15, -0.1) is 0 Å². The molecule has 1 aliphatic rings. The molecule has 3 rings (SSSR count). The van der Waals surface area contributed by atoms with Crippen LogP contribution in [0.1, 0.15) is 13.3 Å². The van der Waals surface area contributed by atoms with Gasteiger partial charge < -0.3 is 14.7 Å². The van der Waals surface area contributed by atoms with Crippen molar-refractivity contribution in [3.8, 4) is 5.75 Å². The summed E-state index contributed by atoms with van der Waals surface area (Å²) >= 11 is 0. The zero-order chi connectivity index (χ0) is 14.1. The Labute approximate surface area is 119 Å². The van der Waals surface area contributed by atoms with Gasteiger partial charge in [0, 0.05) is 30.6 Å². The molecule has 1 aromatic heterocycles. The number of methoxy groups -OCH3 is 1. The molecule has 2 heterocycles. The number of pyridine rings is 1. The Balaban J connectivity index is 1.99. The Kier molecular flexibility index (Phi) is 3.49. The summed E-state index contributed by atoms with van der Waals surface area (Å²) in [5.74, 6) is 2.17. The molecular formula is C16H20N2O2. The minimum atomic E-state index is -0.260. The van der Waals surface area contributed by atoms with E-state index in [-0.39, 0.29) is 6.10 Å². The van der Waals surface area contributed by atoms with Gasteiger partial charge in [0.1, 0.15) is 11.6 Å². The molecule has 2 aromatic rings. The third-order valence-corrected chi connectivity index (χ3v) is 4.16. The number of aromatic nitrogens is 1. The second-order valence-corrected chi connectivity index (χ2v) is 5.46. The molecule has 1 aromatic carbocycles. The van der Waals surface area contributed by atoms with Crippen molar-refractivity contribution in [1.29, 1.82) is 0 Å².